The molecule has 0 bridgehead atoms. The molecule has 1 aliphatic heterocycles. The first kappa shape index (κ1) is 34.2. The number of imidazole rings is 2. The monoisotopic (exact) mass is 691 g/mol. The van der Waals surface area contributed by atoms with Gasteiger partial charge in [-0.05, 0) is 81.8 Å². The number of nitrogens with one attached hydrogen (secondary N) is 5. The van der Waals surface area contributed by atoms with Crippen molar-refractivity contribution in [2.24, 2.45) is 5.92 Å². The van der Waals surface area contributed by atoms with Crippen LogP contribution in [0.2, 0.25) is 0 Å². The molecular formula is C38H45N9O4. The van der Waals surface area contributed by atoms with Crippen molar-refractivity contribution in [3.63, 3.8) is 0 Å². The number of likely N-dealkylation sites (N-methyl/N-ethyl adjacent to an activating group) is 1. The van der Waals surface area contributed by atoms with Crippen molar-refractivity contribution in [3.05, 3.63) is 66.4 Å². The third-order valence-corrected chi connectivity index (χ3v) is 10.1. The zero-order valence-electron chi connectivity index (χ0n) is 29.1. The van der Waals surface area contributed by atoms with Crippen molar-refractivity contribution < 1.29 is 19.1 Å². The highest BCUT2D eigenvalue weighted by Gasteiger charge is 2.41. The van der Waals surface area contributed by atoms with E-state index in [1.54, 1.807) is 7.05 Å². The van der Waals surface area contributed by atoms with Gasteiger partial charge in [0.1, 0.15) is 17.7 Å². The molecular weight excluding hydrogens is 646 g/mol. The van der Waals surface area contributed by atoms with Crippen molar-refractivity contribution in [2.75, 3.05) is 33.8 Å². The van der Waals surface area contributed by atoms with Crippen LogP contribution in [0.15, 0.2) is 54.7 Å². The van der Waals surface area contributed by atoms with Crippen LogP contribution in [-0.2, 0) is 20.7 Å². The number of hydrogen-bond donors (Lipinski definition) is 5. The molecule has 13 nitrogen and oxygen atoms in total. The molecule has 3 amide bonds. The highest BCUT2D eigenvalue weighted by atomic mass is 16.5. The molecule has 0 spiro atoms. The van der Waals surface area contributed by atoms with E-state index < -0.39 is 12.1 Å². The second kappa shape index (κ2) is 15.3. The second-order valence-electron chi connectivity index (χ2n) is 13.5. The van der Waals surface area contributed by atoms with E-state index in [0.29, 0.717) is 19.6 Å². The topological polar surface area (TPSA) is 170 Å². The number of amides is 3. The standard InChI is InChI=1S/C38H45N9O4/c1-39-22-34(48)40-17-4-3-10-33-41-21-31(43-33)25-12-15-27-24(19-25)11-14-28(42-27)26-13-16-29-30(20-26)45-36(44-29)32-9-6-18-47(32)37(49)35(23-7-5-8-23)46-38(50)51-2/h11-16,19-21,23,32,35,39H,3-10,17-18,22H2,1-2H3,(H,40,48)(H,41,43)(H,44,45)(H,46,50). The number of benzene rings is 2. The normalized spacial score (nSPS) is 16.7. The number of alkyl carbamates (subject to hydrolysis) is 1. The van der Waals surface area contributed by atoms with Crippen molar-refractivity contribution >= 4 is 39.8 Å². The van der Waals surface area contributed by atoms with Crippen LogP contribution in [0.3, 0.4) is 0 Å². The maximum atomic E-state index is 13.8. The van der Waals surface area contributed by atoms with Gasteiger partial charge in [-0.15, -0.1) is 0 Å². The first-order valence-electron chi connectivity index (χ1n) is 17.9. The van der Waals surface area contributed by atoms with Gasteiger partial charge in [-0.3, -0.25) is 9.59 Å². The van der Waals surface area contributed by atoms with Crippen molar-refractivity contribution in [3.8, 4) is 22.5 Å². The molecule has 2 fully saturated rings. The molecule has 4 heterocycles. The molecule has 1 aliphatic carbocycles. The van der Waals surface area contributed by atoms with E-state index in [4.69, 9.17) is 14.7 Å². The zero-order valence-corrected chi connectivity index (χ0v) is 29.1. The Bertz CT molecular complexity index is 2030. The van der Waals surface area contributed by atoms with Gasteiger partial charge in [0.2, 0.25) is 11.8 Å². The number of aromatic nitrogens is 5. The number of aromatic amines is 2. The summed E-state index contributed by atoms with van der Waals surface area (Å²) < 4.78 is 4.83. The number of unbranched alkanes of at least 4 members (excludes halogenated alkanes) is 1. The number of nitrogens with zero attached hydrogens (tertiary/aromatic N) is 4. The number of ether oxygens (including phenoxy) is 1. The SMILES string of the molecule is CNCC(=O)NCCCCc1ncc(-c2ccc3nc(-c4ccc5nc(C6CCCN6C(=O)C(NC(=O)OC)C6CCC6)[nH]c5c4)ccc3c2)[nH]1. The molecule has 3 aromatic heterocycles. The van der Waals surface area contributed by atoms with Crippen molar-refractivity contribution in [1.29, 1.82) is 0 Å². The number of rotatable bonds is 13. The molecule has 2 atom stereocenters. The van der Waals surface area contributed by atoms with E-state index in [1.807, 2.05) is 35.4 Å². The summed E-state index contributed by atoms with van der Waals surface area (Å²) >= 11 is 0. The number of carbonyl (C=O) groups is 3. The van der Waals surface area contributed by atoms with E-state index in [9.17, 15) is 14.4 Å². The average Bonchev–Trinajstić information content (AvgIpc) is 3.89. The van der Waals surface area contributed by atoms with Gasteiger partial charge in [-0.2, -0.15) is 0 Å². The van der Waals surface area contributed by atoms with Gasteiger partial charge in [0.15, 0.2) is 0 Å². The molecule has 2 unspecified atom stereocenters. The number of methoxy groups -OCH3 is 1. The van der Waals surface area contributed by atoms with Crippen LogP contribution >= 0.6 is 0 Å². The highest BCUT2D eigenvalue weighted by Crippen LogP contribution is 2.36. The number of fused-ring (bicyclic) bond motifs is 2. The molecule has 5 N–H and O–H groups in total. The predicted molar refractivity (Wildman–Crippen MR) is 195 cm³/mol. The van der Waals surface area contributed by atoms with Crippen LogP contribution in [0.1, 0.15) is 62.6 Å². The van der Waals surface area contributed by atoms with Crippen molar-refractivity contribution in [1.82, 2.24) is 45.8 Å². The van der Waals surface area contributed by atoms with E-state index in [-0.39, 0.29) is 23.8 Å². The van der Waals surface area contributed by atoms with Crippen LogP contribution in [0.4, 0.5) is 4.79 Å². The van der Waals surface area contributed by atoms with Crippen LogP contribution in [0, 0.1) is 5.92 Å². The van der Waals surface area contributed by atoms with Crippen LogP contribution in [-0.4, -0.2) is 87.6 Å². The molecule has 2 aliphatic rings. The summed E-state index contributed by atoms with van der Waals surface area (Å²) in [7, 11) is 3.08. The number of hydrogen-bond acceptors (Lipinski definition) is 8. The average molecular weight is 692 g/mol. The van der Waals surface area contributed by atoms with Gasteiger partial charge in [0.25, 0.3) is 0 Å². The summed E-state index contributed by atoms with van der Waals surface area (Å²) in [6.07, 6.45) is 8.51. The van der Waals surface area contributed by atoms with Crippen LogP contribution in [0.25, 0.3) is 44.5 Å². The van der Waals surface area contributed by atoms with Gasteiger partial charge in [-0.25, -0.2) is 19.7 Å². The zero-order chi connectivity index (χ0) is 35.3. The summed E-state index contributed by atoms with van der Waals surface area (Å²) in [6.45, 7) is 1.62. The first-order chi connectivity index (χ1) is 24.9. The van der Waals surface area contributed by atoms with Gasteiger partial charge in [0.05, 0.1) is 53.8 Å². The summed E-state index contributed by atoms with van der Waals surface area (Å²) in [5.41, 5.74) is 6.43. The fourth-order valence-corrected chi connectivity index (χ4v) is 7.14. The Balaban J connectivity index is 1.02. The largest absolute Gasteiger partial charge is 0.453 e. The summed E-state index contributed by atoms with van der Waals surface area (Å²) in [5, 5.41) is 9.59. The first-order valence-corrected chi connectivity index (χ1v) is 17.9. The lowest BCUT2D eigenvalue weighted by molar-refractivity contribution is -0.136. The fraction of sp³-hybridized carbons (Fsp3) is 0.421. The molecule has 1 saturated heterocycles. The third-order valence-electron chi connectivity index (χ3n) is 10.1. The fourth-order valence-electron chi connectivity index (χ4n) is 7.14. The molecule has 1 saturated carbocycles. The molecule has 7 rings (SSSR count). The quantitative estimate of drug-likeness (QED) is 0.107. The van der Waals surface area contributed by atoms with Crippen LogP contribution in [0.5, 0.6) is 0 Å². The number of carbonyl (C=O) groups excluding carboxylic acids is 3. The molecule has 266 valence electrons. The Morgan fingerprint density at radius 1 is 0.961 bits per heavy atom. The number of likely N-dealkylation sites (tertiary alicyclic amines) is 1. The Labute approximate surface area is 296 Å². The number of pyridine rings is 1. The third kappa shape index (κ3) is 7.58. The van der Waals surface area contributed by atoms with E-state index >= 15 is 0 Å². The minimum absolute atomic E-state index is 0.0103. The lowest BCUT2D eigenvalue weighted by Crippen LogP contribution is -2.53. The Morgan fingerprint density at radius 3 is 2.61 bits per heavy atom. The Hall–Kier alpha value is -5.30. The van der Waals surface area contributed by atoms with Gasteiger partial charge >= 0.3 is 6.09 Å². The molecule has 5 aromatic rings. The minimum atomic E-state index is -0.583. The predicted octanol–water partition coefficient (Wildman–Crippen LogP) is 5.01. The maximum absolute atomic E-state index is 13.8. The highest BCUT2D eigenvalue weighted by molar-refractivity contribution is 5.88. The van der Waals surface area contributed by atoms with Gasteiger partial charge in [0, 0.05) is 36.0 Å². The number of H-pyrrole nitrogens is 2. The van der Waals surface area contributed by atoms with Crippen LogP contribution < -0.4 is 16.0 Å². The van der Waals surface area contributed by atoms with E-state index in [2.05, 4.69) is 55.2 Å². The van der Waals surface area contributed by atoms with E-state index in [0.717, 1.165) is 107 Å². The molecule has 0 radical (unpaired) electrons. The Kier molecular flexibility index (Phi) is 10.2. The minimum Gasteiger partial charge on any atom is -0.453 e. The summed E-state index contributed by atoms with van der Waals surface area (Å²) in [6, 6.07) is 15.7. The second-order valence-corrected chi connectivity index (χ2v) is 13.5. The smallest absolute Gasteiger partial charge is 0.407 e. The summed E-state index contributed by atoms with van der Waals surface area (Å²) in [5.74, 6) is 1.76. The molecule has 51 heavy (non-hydrogen) atoms. The van der Waals surface area contributed by atoms with E-state index in [1.165, 1.54) is 7.11 Å². The van der Waals surface area contributed by atoms with Gasteiger partial charge < -0.3 is 35.6 Å². The molecule has 13 heteroatoms. The van der Waals surface area contributed by atoms with Gasteiger partial charge in [-0.1, -0.05) is 24.6 Å². The molecule has 2 aromatic carbocycles. The summed E-state index contributed by atoms with van der Waals surface area (Å²) in [4.78, 5) is 60.7. The van der Waals surface area contributed by atoms with Crippen molar-refractivity contribution in [2.45, 2.75) is 63.5 Å². The number of aryl methyl sites for hydroxylation is 1. The maximum Gasteiger partial charge on any atom is 0.407 e. The Morgan fingerprint density at radius 2 is 1.80 bits per heavy atom. The lowest BCUT2D eigenvalue weighted by Gasteiger charge is -2.36. The lowest BCUT2D eigenvalue weighted by atomic mass is 9.79.